The lowest BCUT2D eigenvalue weighted by atomic mass is 10.0. The summed E-state index contributed by atoms with van der Waals surface area (Å²) in [4.78, 5) is 3.56. The van der Waals surface area contributed by atoms with Gasteiger partial charge < -0.3 is 4.98 Å². The molecule has 0 atom stereocenters. The molecule has 2 aromatic carbocycles. The molecule has 1 aromatic heterocycles. The maximum absolute atomic E-state index is 3.56. The lowest BCUT2D eigenvalue weighted by Crippen LogP contribution is -1.87. The quantitative estimate of drug-likeness (QED) is 0.344. The summed E-state index contributed by atoms with van der Waals surface area (Å²) in [5.41, 5.74) is 4.00. The van der Waals surface area contributed by atoms with Crippen LogP contribution in [0.4, 0.5) is 0 Å². The van der Waals surface area contributed by atoms with Crippen molar-refractivity contribution in [3.63, 3.8) is 0 Å². The topological polar surface area (TPSA) is 15.8 Å². The lowest BCUT2D eigenvalue weighted by Gasteiger charge is -2.03. The molecule has 0 aliphatic rings. The van der Waals surface area contributed by atoms with Gasteiger partial charge in [0.25, 0.3) is 0 Å². The van der Waals surface area contributed by atoms with Crippen molar-refractivity contribution in [2.24, 2.45) is 0 Å². The highest BCUT2D eigenvalue weighted by Crippen LogP contribution is 2.26. The molecule has 0 spiro atoms. The predicted octanol–water partition coefficient (Wildman–Crippen LogP) is 7.78. The minimum absolute atomic E-state index is 1.21. The molecule has 0 amide bonds. The number of aromatic amines is 1. The number of benzene rings is 2. The number of hydrogen-bond donors (Lipinski definition) is 1. The van der Waals surface area contributed by atoms with E-state index in [4.69, 9.17) is 0 Å². The molecular formula is C24H33N. The normalized spacial score (nSPS) is 11.6. The summed E-state index contributed by atoms with van der Waals surface area (Å²) in [5.74, 6) is 0. The second kappa shape index (κ2) is 9.65. The van der Waals surface area contributed by atoms with Gasteiger partial charge in [-0.2, -0.15) is 0 Å². The number of para-hydroxylation sites is 1. The number of aromatic nitrogens is 1. The number of hydrogen-bond acceptors (Lipinski definition) is 0. The van der Waals surface area contributed by atoms with Crippen LogP contribution in [0, 0.1) is 0 Å². The smallest absolute Gasteiger partial charge is 0.0467 e. The summed E-state index contributed by atoms with van der Waals surface area (Å²) in [7, 11) is 0. The first-order valence-electron chi connectivity index (χ1n) is 10.4. The van der Waals surface area contributed by atoms with Crippen molar-refractivity contribution in [3.8, 4) is 0 Å². The Balaban J connectivity index is 1.38. The fraction of sp³-hybridized carbons (Fsp3) is 0.500. The van der Waals surface area contributed by atoms with Crippen molar-refractivity contribution in [1.82, 2.24) is 4.98 Å². The van der Waals surface area contributed by atoms with E-state index in [9.17, 15) is 0 Å². The van der Waals surface area contributed by atoms with Gasteiger partial charge in [0.1, 0.15) is 0 Å². The van der Waals surface area contributed by atoms with Crippen LogP contribution in [-0.2, 0) is 6.42 Å². The van der Waals surface area contributed by atoms with E-state index in [2.05, 4.69) is 54.4 Å². The Bertz CT molecular complexity index is 768. The van der Waals surface area contributed by atoms with Crippen LogP contribution in [0.2, 0.25) is 0 Å². The van der Waals surface area contributed by atoms with Gasteiger partial charge in [0.2, 0.25) is 0 Å². The Morgan fingerprint density at radius 1 is 0.640 bits per heavy atom. The monoisotopic (exact) mass is 335 g/mol. The summed E-state index contributed by atoms with van der Waals surface area (Å²) in [6, 6.07) is 15.5. The van der Waals surface area contributed by atoms with Gasteiger partial charge in [0.15, 0.2) is 0 Å². The van der Waals surface area contributed by atoms with E-state index in [1.54, 1.807) is 0 Å². The summed E-state index contributed by atoms with van der Waals surface area (Å²) in [5, 5.41) is 2.69. The van der Waals surface area contributed by atoms with E-state index in [1.807, 2.05) is 0 Å². The Morgan fingerprint density at radius 3 is 2.04 bits per heavy atom. The van der Waals surface area contributed by atoms with Gasteiger partial charge in [-0.1, -0.05) is 95.0 Å². The Labute approximate surface area is 152 Å². The Morgan fingerprint density at radius 2 is 1.28 bits per heavy atom. The van der Waals surface area contributed by atoms with Gasteiger partial charge in [-0.05, 0) is 30.5 Å². The highest BCUT2D eigenvalue weighted by atomic mass is 14.7. The molecule has 3 aromatic rings. The third kappa shape index (κ3) is 5.11. The predicted molar refractivity (Wildman–Crippen MR) is 111 cm³/mol. The average molecular weight is 336 g/mol. The fourth-order valence-corrected chi connectivity index (χ4v) is 3.87. The molecule has 1 heterocycles. The molecule has 0 radical (unpaired) electrons. The third-order valence-electron chi connectivity index (χ3n) is 5.39. The largest absolute Gasteiger partial charge is 0.355 e. The molecule has 0 fully saturated rings. The molecule has 1 nitrogen and oxygen atoms in total. The highest BCUT2D eigenvalue weighted by molar-refractivity contribution is 6.07. The summed E-state index contributed by atoms with van der Waals surface area (Å²) in [6.45, 7) is 2.29. The summed E-state index contributed by atoms with van der Waals surface area (Å²) in [6.07, 6.45) is 15.3. The highest BCUT2D eigenvalue weighted by Gasteiger charge is 2.04. The molecule has 1 N–H and O–H groups in total. The molecule has 134 valence electrons. The first-order chi connectivity index (χ1) is 12.4. The van der Waals surface area contributed by atoms with E-state index in [0.29, 0.717) is 0 Å². The van der Waals surface area contributed by atoms with Crippen molar-refractivity contribution >= 4 is 21.8 Å². The minimum atomic E-state index is 1.21. The molecule has 0 aliphatic heterocycles. The number of rotatable bonds is 11. The second-order valence-electron chi connectivity index (χ2n) is 7.48. The summed E-state index contributed by atoms with van der Waals surface area (Å²) < 4.78 is 0. The van der Waals surface area contributed by atoms with E-state index in [-0.39, 0.29) is 0 Å². The Kier molecular flexibility index (Phi) is 6.97. The third-order valence-corrected chi connectivity index (χ3v) is 5.39. The van der Waals surface area contributed by atoms with Crippen LogP contribution in [0.25, 0.3) is 21.8 Å². The number of nitrogens with one attached hydrogen (secondary N) is 1. The van der Waals surface area contributed by atoms with Gasteiger partial charge in [-0.15, -0.1) is 0 Å². The van der Waals surface area contributed by atoms with Crippen molar-refractivity contribution < 1.29 is 0 Å². The molecule has 1 heteroatoms. The van der Waals surface area contributed by atoms with Crippen LogP contribution in [0.15, 0.2) is 42.5 Å². The first-order valence-corrected chi connectivity index (χ1v) is 10.4. The maximum Gasteiger partial charge on any atom is 0.0467 e. The standard InChI is InChI=1S/C24H33N/c1-2-3-4-5-6-7-8-9-10-11-14-20-17-18-22-21-15-12-13-16-23(21)25-24(22)19-20/h12-13,15-19,25H,2-11,14H2,1H3. The molecule has 0 bridgehead atoms. The van der Waals surface area contributed by atoms with Crippen LogP contribution in [0.3, 0.4) is 0 Å². The molecule has 0 saturated heterocycles. The van der Waals surface area contributed by atoms with E-state index < -0.39 is 0 Å². The summed E-state index contributed by atoms with van der Waals surface area (Å²) >= 11 is 0. The molecule has 0 unspecified atom stereocenters. The van der Waals surface area contributed by atoms with Crippen LogP contribution < -0.4 is 0 Å². The van der Waals surface area contributed by atoms with Gasteiger partial charge in [0, 0.05) is 21.8 Å². The van der Waals surface area contributed by atoms with Crippen molar-refractivity contribution in [2.75, 3.05) is 0 Å². The zero-order chi connectivity index (χ0) is 17.3. The van der Waals surface area contributed by atoms with Gasteiger partial charge in [-0.3, -0.25) is 0 Å². The van der Waals surface area contributed by atoms with Crippen LogP contribution in [0.5, 0.6) is 0 Å². The number of unbranched alkanes of at least 4 members (excludes halogenated alkanes) is 9. The average Bonchev–Trinajstić information content (AvgIpc) is 3.01. The van der Waals surface area contributed by atoms with E-state index in [0.717, 1.165) is 0 Å². The van der Waals surface area contributed by atoms with Crippen molar-refractivity contribution in [1.29, 1.82) is 0 Å². The van der Waals surface area contributed by atoms with Crippen LogP contribution >= 0.6 is 0 Å². The second-order valence-corrected chi connectivity index (χ2v) is 7.48. The van der Waals surface area contributed by atoms with Crippen LogP contribution in [-0.4, -0.2) is 4.98 Å². The molecule has 0 saturated carbocycles. The lowest BCUT2D eigenvalue weighted by molar-refractivity contribution is 0.556. The SMILES string of the molecule is CCCCCCCCCCCCc1ccc2c(c1)[nH]c1ccccc12. The van der Waals surface area contributed by atoms with Crippen molar-refractivity contribution in [2.45, 2.75) is 77.6 Å². The molecule has 25 heavy (non-hydrogen) atoms. The van der Waals surface area contributed by atoms with Crippen LogP contribution in [0.1, 0.15) is 76.7 Å². The fourth-order valence-electron chi connectivity index (χ4n) is 3.87. The number of H-pyrrole nitrogens is 1. The minimum Gasteiger partial charge on any atom is -0.355 e. The maximum atomic E-state index is 3.56. The van der Waals surface area contributed by atoms with Gasteiger partial charge >= 0.3 is 0 Å². The Hall–Kier alpha value is -1.76. The molecule has 0 aliphatic carbocycles. The zero-order valence-corrected chi connectivity index (χ0v) is 15.8. The first kappa shape index (κ1) is 18.0. The number of aryl methyl sites for hydroxylation is 1. The van der Waals surface area contributed by atoms with E-state index >= 15 is 0 Å². The zero-order valence-electron chi connectivity index (χ0n) is 15.8. The number of fused-ring (bicyclic) bond motifs is 3. The molecular weight excluding hydrogens is 302 g/mol. The van der Waals surface area contributed by atoms with Gasteiger partial charge in [-0.25, -0.2) is 0 Å². The molecule has 3 rings (SSSR count). The van der Waals surface area contributed by atoms with E-state index in [1.165, 1.54) is 98.0 Å². The van der Waals surface area contributed by atoms with Crippen molar-refractivity contribution in [3.05, 3.63) is 48.0 Å². The van der Waals surface area contributed by atoms with Gasteiger partial charge in [0.05, 0.1) is 0 Å².